The van der Waals surface area contributed by atoms with Crippen LogP contribution in [-0.2, 0) is 9.53 Å². The van der Waals surface area contributed by atoms with Crippen molar-refractivity contribution in [3.05, 3.63) is 29.8 Å². The first-order chi connectivity index (χ1) is 11.2. The number of methoxy groups -OCH3 is 1. The number of terminal acetylenes is 1. The van der Waals surface area contributed by atoms with Gasteiger partial charge in [0.15, 0.2) is 5.96 Å². The Morgan fingerprint density at radius 2 is 2.22 bits per heavy atom. The van der Waals surface area contributed by atoms with Crippen LogP contribution >= 0.6 is 0 Å². The monoisotopic (exact) mass is 316 g/mol. The maximum atomic E-state index is 12.0. The minimum absolute atomic E-state index is 0.0277. The molecule has 0 fully saturated rings. The van der Waals surface area contributed by atoms with Crippen LogP contribution in [0.25, 0.3) is 0 Å². The average molecular weight is 316 g/mol. The summed E-state index contributed by atoms with van der Waals surface area (Å²) in [5.41, 5.74) is 1.39. The normalized spacial score (nSPS) is 10.7. The zero-order chi connectivity index (χ0) is 16.9. The second-order valence-electron chi connectivity index (χ2n) is 4.74. The number of carbonyl (C=O) groups is 1. The van der Waals surface area contributed by atoms with Gasteiger partial charge in [0.2, 0.25) is 5.91 Å². The van der Waals surface area contributed by atoms with Crippen molar-refractivity contribution in [3.8, 4) is 12.3 Å². The molecule has 1 amide bonds. The van der Waals surface area contributed by atoms with Gasteiger partial charge in [-0.1, -0.05) is 12.0 Å². The molecule has 0 spiro atoms. The predicted molar refractivity (Wildman–Crippen MR) is 93.5 cm³/mol. The van der Waals surface area contributed by atoms with Gasteiger partial charge in [-0.25, -0.2) is 4.99 Å². The first-order valence-corrected chi connectivity index (χ1v) is 7.57. The van der Waals surface area contributed by atoms with E-state index in [0.717, 1.165) is 25.1 Å². The molecule has 0 saturated carbocycles. The molecule has 0 aliphatic rings. The van der Waals surface area contributed by atoms with E-state index in [9.17, 15) is 4.79 Å². The van der Waals surface area contributed by atoms with Crippen LogP contribution in [0.15, 0.2) is 29.3 Å². The lowest BCUT2D eigenvalue weighted by Crippen LogP contribution is -2.38. The lowest BCUT2D eigenvalue weighted by Gasteiger charge is -2.11. The molecule has 1 aromatic carbocycles. The molecule has 124 valence electrons. The van der Waals surface area contributed by atoms with Crippen molar-refractivity contribution in [2.24, 2.45) is 4.99 Å². The molecular formula is C17H24N4O2. The minimum Gasteiger partial charge on any atom is -0.385 e. The number of rotatable bonds is 8. The van der Waals surface area contributed by atoms with Gasteiger partial charge >= 0.3 is 0 Å². The number of nitrogens with one attached hydrogen (secondary N) is 3. The van der Waals surface area contributed by atoms with E-state index in [2.05, 4.69) is 26.9 Å². The molecule has 1 aromatic rings. The van der Waals surface area contributed by atoms with Crippen molar-refractivity contribution in [1.82, 2.24) is 10.6 Å². The lowest BCUT2D eigenvalue weighted by molar-refractivity contribution is -0.114. The van der Waals surface area contributed by atoms with Gasteiger partial charge in [0.25, 0.3) is 0 Å². The lowest BCUT2D eigenvalue weighted by atomic mass is 10.2. The van der Waals surface area contributed by atoms with E-state index < -0.39 is 0 Å². The van der Waals surface area contributed by atoms with Crippen LogP contribution < -0.4 is 16.0 Å². The van der Waals surface area contributed by atoms with E-state index >= 15 is 0 Å². The molecule has 3 N–H and O–H groups in total. The van der Waals surface area contributed by atoms with Crippen LogP contribution in [0.5, 0.6) is 0 Å². The number of benzene rings is 1. The van der Waals surface area contributed by atoms with Crippen LogP contribution in [0.1, 0.15) is 18.9 Å². The van der Waals surface area contributed by atoms with E-state index in [0.29, 0.717) is 18.3 Å². The van der Waals surface area contributed by atoms with Gasteiger partial charge in [-0.15, -0.1) is 6.42 Å². The van der Waals surface area contributed by atoms with Crippen molar-refractivity contribution in [1.29, 1.82) is 0 Å². The van der Waals surface area contributed by atoms with Gasteiger partial charge < -0.3 is 20.7 Å². The van der Waals surface area contributed by atoms with E-state index in [-0.39, 0.29) is 12.5 Å². The minimum atomic E-state index is -0.201. The fraction of sp³-hybridized carbons (Fsp3) is 0.412. The third-order valence-electron chi connectivity index (χ3n) is 2.86. The Labute approximate surface area is 137 Å². The van der Waals surface area contributed by atoms with Gasteiger partial charge in [0.05, 0.1) is 0 Å². The number of carbonyl (C=O) groups excluding carboxylic acids is 1. The summed E-state index contributed by atoms with van der Waals surface area (Å²) in [6.07, 6.45) is 6.21. The second-order valence-corrected chi connectivity index (χ2v) is 4.74. The molecule has 23 heavy (non-hydrogen) atoms. The molecular weight excluding hydrogens is 292 g/mol. The number of anilines is 1. The fourth-order valence-electron chi connectivity index (χ4n) is 1.80. The Balaban J connectivity index is 2.50. The molecule has 0 unspecified atom stereocenters. The third kappa shape index (κ3) is 7.88. The number of amides is 1. The topological polar surface area (TPSA) is 74.8 Å². The van der Waals surface area contributed by atoms with Crippen molar-refractivity contribution in [3.63, 3.8) is 0 Å². The predicted octanol–water partition coefficient (Wildman–Crippen LogP) is 1.20. The van der Waals surface area contributed by atoms with E-state index in [4.69, 9.17) is 11.2 Å². The van der Waals surface area contributed by atoms with Gasteiger partial charge in [-0.2, -0.15) is 0 Å². The van der Waals surface area contributed by atoms with Crippen LogP contribution in [0.3, 0.4) is 0 Å². The molecule has 0 saturated heterocycles. The largest absolute Gasteiger partial charge is 0.385 e. The quantitative estimate of drug-likeness (QED) is 0.292. The maximum Gasteiger partial charge on any atom is 0.246 e. The Bertz CT molecular complexity index is 564. The molecule has 6 heteroatoms. The summed E-state index contributed by atoms with van der Waals surface area (Å²) in [5.74, 6) is 2.94. The Kier molecular flexibility index (Phi) is 8.94. The Morgan fingerprint density at radius 1 is 1.39 bits per heavy atom. The Morgan fingerprint density at radius 3 is 2.91 bits per heavy atom. The molecule has 0 atom stereocenters. The molecule has 0 radical (unpaired) electrons. The summed E-state index contributed by atoms with van der Waals surface area (Å²) in [4.78, 5) is 16.2. The molecule has 0 aliphatic heterocycles. The van der Waals surface area contributed by atoms with Gasteiger partial charge in [0.1, 0.15) is 6.54 Å². The standard InChI is InChI=1S/C17H24N4O2/c1-4-14-8-6-9-15(12-14)21-16(22)13-20-17(18-5-2)19-10-7-11-23-3/h1,6,8-9,12H,5,7,10-11,13H2,2-3H3,(H,21,22)(H2,18,19,20). The van der Waals surface area contributed by atoms with E-state index in [1.807, 2.05) is 6.92 Å². The summed E-state index contributed by atoms with van der Waals surface area (Å²) in [6, 6.07) is 7.14. The van der Waals surface area contributed by atoms with E-state index in [1.165, 1.54) is 0 Å². The van der Waals surface area contributed by atoms with Crippen molar-refractivity contribution in [2.75, 3.05) is 38.7 Å². The Hall–Kier alpha value is -2.52. The number of hydrogen-bond acceptors (Lipinski definition) is 3. The molecule has 0 aromatic heterocycles. The summed E-state index contributed by atoms with van der Waals surface area (Å²) in [7, 11) is 1.67. The first kappa shape index (κ1) is 18.5. The summed E-state index contributed by atoms with van der Waals surface area (Å²) >= 11 is 0. The SMILES string of the molecule is C#Cc1cccc(NC(=O)CN=C(NCC)NCCCOC)c1. The summed E-state index contributed by atoms with van der Waals surface area (Å²) < 4.78 is 4.99. The highest BCUT2D eigenvalue weighted by atomic mass is 16.5. The van der Waals surface area contributed by atoms with Crippen molar-refractivity contribution in [2.45, 2.75) is 13.3 Å². The second kappa shape index (κ2) is 11.1. The number of aliphatic imine (C=N–C) groups is 1. The van der Waals surface area contributed by atoms with E-state index in [1.54, 1.807) is 31.4 Å². The highest BCUT2D eigenvalue weighted by Crippen LogP contribution is 2.09. The smallest absolute Gasteiger partial charge is 0.246 e. The summed E-state index contributed by atoms with van der Waals surface area (Å²) in [5, 5.41) is 9.01. The van der Waals surface area contributed by atoms with Gasteiger partial charge in [-0.3, -0.25) is 4.79 Å². The van der Waals surface area contributed by atoms with Gasteiger partial charge in [0, 0.05) is 38.1 Å². The van der Waals surface area contributed by atoms with Crippen molar-refractivity contribution < 1.29 is 9.53 Å². The fourth-order valence-corrected chi connectivity index (χ4v) is 1.80. The van der Waals surface area contributed by atoms with Crippen LogP contribution in [0.4, 0.5) is 5.69 Å². The molecule has 6 nitrogen and oxygen atoms in total. The van der Waals surface area contributed by atoms with Crippen LogP contribution in [-0.4, -0.2) is 45.2 Å². The van der Waals surface area contributed by atoms with Gasteiger partial charge in [-0.05, 0) is 31.5 Å². The molecule has 1 rings (SSSR count). The average Bonchev–Trinajstić information content (AvgIpc) is 2.56. The third-order valence-corrected chi connectivity index (χ3v) is 2.86. The highest BCUT2D eigenvalue weighted by Gasteiger charge is 2.03. The number of nitrogens with zero attached hydrogens (tertiary/aromatic N) is 1. The zero-order valence-electron chi connectivity index (χ0n) is 13.7. The first-order valence-electron chi connectivity index (χ1n) is 7.57. The van der Waals surface area contributed by atoms with Crippen LogP contribution in [0, 0.1) is 12.3 Å². The number of guanidine groups is 1. The number of hydrogen-bond donors (Lipinski definition) is 3. The molecule has 0 heterocycles. The molecule has 0 aliphatic carbocycles. The van der Waals surface area contributed by atoms with Crippen LogP contribution in [0.2, 0.25) is 0 Å². The molecule has 0 bridgehead atoms. The number of ether oxygens (including phenoxy) is 1. The highest BCUT2D eigenvalue weighted by molar-refractivity contribution is 5.94. The summed E-state index contributed by atoms with van der Waals surface area (Å²) in [6.45, 7) is 4.13. The maximum absolute atomic E-state index is 12.0. The zero-order valence-corrected chi connectivity index (χ0v) is 13.7. The van der Waals surface area contributed by atoms with Crippen molar-refractivity contribution >= 4 is 17.6 Å².